The number of carbonyl (C=O) groups excluding carboxylic acids is 2. The zero-order valence-corrected chi connectivity index (χ0v) is 13.0. The summed E-state index contributed by atoms with van der Waals surface area (Å²) >= 11 is 6.02. The summed E-state index contributed by atoms with van der Waals surface area (Å²) in [6.07, 6.45) is 0.182. The van der Waals surface area contributed by atoms with Crippen LogP contribution in [-0.2, 0) is 16.1 Å². The summed E-state index contributed by atoms with van der Waals surface area (Å²) in [5.74, 6) is -0.896. The van der Waals surface area contributed by atoms with Crippen LogP contribution >= 0.6 is 11.6 Å². The Morgan fingerprint density at radius 1 is 1.43 bits per heavy atom. The van der Waals surface area contributed by atoms with Crippen LogP contribution in [0.5, 0.6) is 0 Å². The van der Waals surface area contributed by atoms with Gasteiger partial charge in [0.2, 0.25) is 11.8 Å². The minimum atomic E-state index is -1.01. The normalized spacial score (nSPS) is 22.0. The number of nitrogens with zero attached hydrogens (tertiary/aromatic N) is 1. The van der Waals surface area contributed by atoms with Crippen LogP contribution in [0.15, 0.2) is 18.2 Å². The fourth-order valence-electron chi connectivity index (χ4n) is 2.47. The number of rotatable bonds is 2. The molecule has 0 spiro atoms. The molecule has 1 N–H and O–H groups in total. The Labute approximate surface area is 128 Å². The number of nitrogens with one attached hydrogen (secondary N) is 1. The zero-order valence-electron chi connectivity index (χ0n) is 12.2. The molecule has 4 nitrogen and oxygen atoms in total. The van der Waals surface area contributed by atoms with Crippen LogP contribution < -0.4 is 5.32 Å². The van der Waals surface area contributed by atoms with Crippen molar-refractivity contribution in [3.05, 3.63) is 34.6 Å². The van der Waals surface area contributed by atoms with Crippen molar-refractivity contribution in [1.82, 2.24) is 10.2 Å². The van der Waals surface area contributed by atoms with Gasteiger partial charge in [0.25, 0.3) is 0 Å². The quantitative estimate of drug-likeness (QED) is 0.912. The van der Waals surface area contributed by atoms with E-state index >= 15 is 0 Å². The molecule has 0 radical (unpaired) electrons. The Kier molecular flexibility index (Phi) is 4.23. The first-order valence-corrected chi connectivity index (χ1v) is 7.15. The molecular weight excluding hydrogens is 295 g/mol. The second-order valence-corrected chi connectivity index (χ2v) is 6.27. The summed E-state index contributed by atoms with van der Waals surface area (Å²) in [7, 11) is 0. The summed E-state index contributed by atoms with van der Waals surface area (Å²) in [4.78, 5) is 25.9. The topological polar surface area (TPSA) is 49.4 Å². The van der Waals surface area contributed by atoms with Gasteiger partial charge in [-0.15, -0.1) is 0 Å². The van der Waals surface area contributed by atoms with Crippen molar-refractivity contribution >= 4 is 23.4 Å². The molecule has 1 fully saturated rings. The van der Waals surface area contributed by atoms with Crippen LogP contribution in [0, 0.1) is 5.82 Å². The molecule has 6 heteroatoms. The molecule has 1 heterocycles. The first kappa shape index (κ1) is 15.8. The Bertz CT molecular complexity index is 569. The number of halogens is 2. The summed E-state index contributed by atoms with van der Waals surface area (Å²) in [6, 6.07) is 4.09. The predicted octanol–water partition coefficient (Wildman–Crippen LogP) is 2.49. The van der Waals surface area contributed by atoms with E-state index in [2.05, 4.69) is 5.32 Å². The van der Waals surface area contributed by atoms with Crippen molar-refractivity contribution < 1.29 is 14.0 Å². The fourth-order valence-corrected chi connectivity index (χ4v) is 2.69. The highest BCUT2D eigenvalue weighted by Gasteiger charge is 2.39. The standard InChI is InChI=1S/C15H18ClFN2O2/c1-9-7-13(20)18-15(2,3)14(21)19(9)8-10-11(16)5-4-6-12(10)17/h4-6,9H,7-8H2,1-3H3,(H,18,20). The molecule has 1 aromatic rings. The lowest BCUT2D eigenvalue weighted by Gasteiger charge is -2.32. The van der Waals surface area contributed by atoms with E-state index < -0.39 is 11.4 Å². The number of hydrogen-bond acceptors (Lipinski definition) is 2. The third-order valence-corrected chi connectivity index (χ3v) is 4.00. The average Bonchev–Trinajstić information content (AvgIpc) is 2.42. The molecule has 0 aromatic heterocycles. The highest BCUT2D eigenvalue weighted by Crippen LogP contribution is 2.25. The summed E-state index contributed by atoms with van der Waals surface area (Å²) in [6.45, 7) is 5.10. The van der Waals surface area contributed by atoms with Gasteiger partial charge < -0.3 is 10.2 Å². The molecular formula is C15H18ClFN2O2. The number of hydrogen-bond donors (Lipinski definition) is 1. The van der Waals surface area contributed by atoms with Crippen LogP contribution in [-0.4, -0.2) is 28.3 Å². The summed E-state index contributed by atoms with van der Waals surface area (Å²) in [5, 5.41) is 2.96. The van der Waals surface area contributed by atoms with Gasteiger partial charge in [-0.05, 0) is 32.9 Å². The van der Waals surface area contributed by atoms with E-state index in [0.717, 1.165) is 0 Å². The van der Waals surface area contributed by atoms with E-state index in [1.807, 2.05) is 0 Å². The third kappa shape index (κ3) is 3.18. The maximum Gasteiger partial charge on any atom is 0.248 e. The molecule has 0 aliphatic carbocycles. The van der Waals surface area contributed by atoms with Crippen molar-refractivity contribution in [3.8, 4) is 0 Å². The second kappa shape index (κ2) is 5.64. The number of amides is 2. The number of benzene rings is 1. The molecule has 1 aliphatic heterocycles. The minimum Gasteiger partial charge on any atom is -0.342 e. The van der Waals surface area contributed by atoms with Gasteiger partial charge in [0.05, 0.1) is 6.54 Å². The van der Waals surface area contributed by atoms with Gasteiger partial charge in [0.1, 0.15) is 11.4 Å². The molecule has 0 bridgehead atoms. The van der Waals surface area contributed by atoms with E-state index in [9.17, 15) is 14.0 Å². The highest BCUT2D eigenvalue weighted by atomic mass is 35.5. The Morgan fingerprint density at radius 3 is 2.71 bits per heavy atom. The molecule has 1 unspecified atom stereocenters. The van der Waals surface area contributed by atoms with Gasteiger partial charge >= 0.3 is 0 Å². The molecule has 2 rings (SSSR count). The van der Waals surface area contributed by atoms with Gasteiger partial charge in [-0.3, -0.25) is 9.59 Å². The first-order chi connectivity index (χ1) is 9.72. The molecule has 1 aromatic carbocycles. The summed E-state index contributed by atoms with van der Waals surface area (Å²) < 4.78 is 13.9. The van der Waals surface area contributed by atoms with Crippen LogP contribution in [0.4, 0.5) is 4.39 Å². The highest BCUT2D eigenvalue weighted by molar-refractivity contribution is 6.31. The fraction of sp³-hybridized carbons (Fsp3) is 0.467. The minimum absolute atomic E-state index is 0.0455. The zero-order chi connectivity index (χ0) is 15.8. The molecule has 1 aliphatic rings. The van der Waals surface area contributed by atoms with Crippen molar-refractivity contribution in [2.24, 2.45) is 0 Å². The SMILES string of the molecule is CC1CC(=O)NC(C)(C)C(=O)N1Cc1c(F)cccc1Cl. The van der Waals surface area contributed by atoms with E-state index in [0.29, 0.717) is 0 Å². The van der Waals surface area contributed by atoms with Crippen LogP contribution in [0.3, 0.4) is 0 Å². The molecule has 114 valence electrons. The third-order valence-electron chi connectivity index (χ3n) is 3.65. The molecule has 2 amide bonds. The second-order valence-electron chi connectivity index (χ2n) is 5.86. The van der Waals surface area contributed by atoms with E-state index in [-0.39, 0.29) is 41.4 Å². The van der Waals surface area contributed by atoms with Crippen LogP contribution in [0.2, 0.25) is 5.02 Å². The van der Waals surface area contributed by atoms with Gasteiger partial charge in [0, 0.05) is 23.0 Å². The van der Waals surface area contributed by atoms with Gasteiger partial charge in [0.15, 0.2) is 0 Å². The number of carbonyl (C=O) groups is 2. The van der Waals surface area contributed by atoms with E-state index in [1.54, 1.807) is 26.8 Å². The average molecular weight is 313 g/mol. The Balaban J connectivity index is 2.36. The van der Waals surface area contributed by atoms with Crippen molar-refractivity contribution in [1.29, 1.82) is 0 Å². The largest absolute Gasteiger partial charge is 0.342 e. The van der Waals surface area contributed by atoms with Crippen molar-refractivity contribution in [2.75, 3.05) is 0 Å². The Morgan fingerprint density at radius 2 is 2.10 bits per heavy atom. The molecule has 21 heavy (non-hydrogen) atoms. The predicted molar refractivity (Wildman–Crippen MR) is 78.3 cm³/mol. The van der Waals surface area contributed by atoms with Gasteiger partial charge in [-0.2, -0.15) is 0 Å². The maximum atomic E-state index is 13.9. The van der Waals surface area contributed by atoms with E-state index in [1.165, 1.54) is 17.0 Å². The lowest BCUT2D eigenvalue weighted by atomic mass is 10.0. The smallest absolute Gasteiger partial charge is 0.248 e. The summed E-state index contributed by atoms with van der Waals surface area (Å²) in [5.41, 5.74) is -0.746. The maximum absolute atomic E-state index is 13.9. The van der Waals surface area contributed by atoms with Crippen LogP contribution in [0.1, 0.15) is 32.8 Å². The Hall–Kier alpha value is -1.62. The lowest BCUT2D eigenvalue weighted by molar-refractivity contribution is -0.139. The lowest BCUT2D eigenvalue weighted by Crippen LogP contribution is -2.53. The van der Waals surface area contributed by atoms with Crippen molar-refractivity contribution in [3.63, 3.8) is 0 Å². The first-order valence-electron chi connectivity index (χ1n) is 6.77. The molecule has 1 saturated heterocycles. The monoisotopic (exact) mass is 312 g/mol. The molecule has 1 atom stereocenters. The van der Waals surface area contributed by atoms with E-state index in [4.69, 9.17) is 11.6 Å². The molecule has 0 saturated carbocycles. The van der Waals surface area contributed by atoms with Gasteiger partial charge in [-0.25, -0.2) is 4.39 Å². The van der Waals surface area contributed by atoms with Crippen molar-refractivity contribution in [2.45, 2.75) is 45.3 Å². The van der Waals surface area contributed by atoms with Gasteiger partial charge in [-0.1, -0.05) is 17.7 Å². The van der Waals surface area contributed by atoms with Crippen LogP contribution in [0.25, 0.3) is 0 Å².